The van der Waals surface area contributed by atoms with E-state index in [0.717, 1.165) is 48.8 Å². The fraction of sp³-hybridized carbons (Fsp3) is 0.641. The molecule has 1 heterocycles. The van der Waals surface area contributed by atoms with Gasteiger partial charge in [0.1, 0.15) is 5.75 Å². The number of benzene rings is 2. The fourth-order valence-corrected chi connectivity index (χ4v) is 13.3. The second-order valence-corrected chi connectivity index (χ2v) is 18.2. The van der Waals surface area contributed by atoms with Gasteiger partial charge in [0, 0.05) is 24.1 Å². The summed E-state index contributed by atoms with van der Waals surface area (Å²) in [7, 11) is 4.24. The largest absolute Gasteiger partial charge is 0.508 e. The Hall–Kier alpha value is -1.36. The Labute approximate surface area is 269 Å². The van der Waals surface area contributed by atoms with Crippen molar-refractivity contribution in [3.63, 3.8) is 0 Å². The average Bonchev–Trinajstić information content (AvgIpc) is 3.42. The van der Waals surface area contributed by atoms with Gasteiger partial charge in [0.05, 0.1) is 0 Å². The molecule has 4 heteroatoms. The van der Waals surface area contributed by atoms with Gasteiger partial charge in [0.15, 0.2) is 0 Å². The van der Waals surface area contributed by atoms with Crippen LogP contribution in [0.25, 0.3) is 0 Å². The minimum Gasteiger partial charge on any atom is -0.508 e. The van der Waals surface area contributed by atoms with Crippen molar-refractivity contribution in [1.29, 1.82) is 0 Å². The third-order valence-corrected chi connectivity index (χ3v) is 15.0. The van der Waals surface area contributed by atoms with Gasteiger partial charge in [-0.15, -0.1) is 0 Å². The summed E-state index contributed by atoms with van der Waals surface area (Å²) in [5.41, 5.74) is 6.35. The van der Waals surface area contributed by atoms with Gasteiger partial charge in [-0.25, -0.2) is 0 Å². The molecule has 7 unspecified atom stereocenters. The number of phenols is 1. The molecule has 4 aliphatic carbocycles. The van der Waals surface area contributed by atoms with E-state index in [2.05, 4.69) is 89.3 Å². The molecule has 7 atom stereocenters. The molecule has 7 rings (SSSR count). The maximum Gasteiger partial charge on any atom is 0.116 e. The normalized spacial score (nSPS) is 36.1. The quantitative estimate of drug-likeness (QED) is 0.228. The predicted octanol–water partition coefficient (Wildman–Crippen LogP) is 9.98. The molecule has 0 aromatic heterocycles. The lowest BCUT2D eigenvalue weighted by Crippen LogP contribution is -2.52. The lowest BCUT2D eigenvalue weighted by atomic mass is 9.44. The summed E-state index contributed by atoms with van der Waals surface area (Å²) in [6.45, 7) is 5.76. The Bertz CT molecular complexity index is 1300. The minimum absolute atomic E-state index is 0.407. The number of hydrogen-bond donors (Lipinski definition) is 2. The third kappa shape index (κ3) is 6.63. The molecule has 2 aromatic carbocycles. The molecule has 2 spiro atoms. The highest BCUT2D eigenvalue weighted by molar-refractivity contribution is 8.76. The summed E-state index contributed by atoms with van der Waals surface area (Å²) in [4.78, 5) is 0. The van der Waals surface area contributed by atoms with Crippen molar-refractivity contribution in [2.45, 2.75) is 103 Å². The number of fused-ring (bicyclic) bond motifs is 8. The molecule has 4 bridgehead atoms. The number of nitrogens with one attached hydrogen (secondary N) is 1. The molecule has 232 valence electrons. The number of aromatic hydroxyl groups is 1. The summed E-state index contributed by atoms with van der Waals surface area (Å²) in [6, 6.07) is 15.9. The van der Waals surface area contributed by atoms with Gasteiger partial charge in [-0.2, -0.15) is 0 Å². The molecule has 43 heavy (non-hydrogen) atoms. The Morgan fingerprint density at radius 2 is 1.70 bits per heavy atom. The summed E-state index contributed by atoms with van der Waals surface area (Å²) in [5, 5.41) is 14.8. The second kappa shape index (κ2) is 12.8. The molecule has 3 fully saturated rings. The van der Waals surface area contributed by atoms with Crippen LogP contribution in [-0.2, 0) is 19.4 Å². The summed E-state index contributed by atoms with van der Waals surface area (Å²) in [6.07, 6.45) is 21.6. The lowest BCUT2D eigenvalue weighted by molar-refractivity contribution is -0.0808. The van der Waals surface area contributed by atoms with Gasteiger partial charge < -0.3 is 10.4 Å². The van der Waals surface area contributed by atoms with Gasteiger partial charge in [0.2, 0.25) is 0 Å². The number of rotatable bonds is 0. The fourth-order valence-electron chi connectivity index (χ4n) is 10.6. The predicted molar refractivity (Wildman–Crippen MR) is 186 cm³/mol. The molecule has 0 saturated heterocycles. The van der Waals surface area contributed by atoms with Gasteiger partial charge in [-0.1, -0.05) is 83.8 Å². The van der Waals surface area contributed by atoms with Gasteiger partial charge in [-0.3, -0.25) is 0 Å². The van der Waals surface area contributed by atoms with Crippen molar-refractivity contribution in [3.8, 4) is 5.75 Å². The van der Waals surface area contributed by atoms with E-state index in [1.165, 1.54) is 92.2 Å². The second-order valence-electron chi connectivity index (χ2n) is 15.6. The Kier molecular flexibility index (Phi) is 9.02. The van der Waals surface area contributed by atoms with E-state index in [1.54, 1.807) is 0 Å². The summed E-state index contributed by atoms with van der Waals surface area (Å²) in [5.74, 6) is 6.83. The standard InChI is InChI=1S/C39H53NOS2/c1-27-8-7-13-39(21-27)26-38(11-5-6-12-38)22-36-34-16-30-14-29(18-35(41)19-30)15-32-9-3-4-10-33(32)23-40-28(2)24-42-43-25-31(17-34)20-37(36)39/h3-4,7,9-10,13-14,18-19,27-28,31,34,36-37,40-41H,5-6,8,11-12,15-17,20-26H2,1-2H3. The van der Waals surface area contributed by atoms with Gasteiger partial charge >= 0.3 is 0 Å². The number of hydrogen-bond acceptors (Lipinski definition) is 4. The molecule has 2 nitrogen and oxygen atoms in total. The maximum atomic E-state index is 11.0. The first-order valence-electron chi connectivity index (χ1n) is 17.4. The Morgan fingerprint density at radius 3 is 2.53 bits per heavy atom. The monoisotopic (exact) mass is 615 g/mol. The van der Waals surface area contributed by atoms with Crippen molar-refractivity contribution >= 4 is 21.6 Å². The van der Waals surface area contributed by atoms with Crippen LogP contribution in [0.3, 0.4) is 0 Å². The summed E-state index contributed by atoms with van der Waals surface area (Å²) < 4.78 is 0. The number of phenolic OH excluding ortho intramolecular Hbond substituents is 1. The van der Waals surface area contributed by atoms with Crippen LogP contribution in [0.15, 0.2) is 54.6 Å². The third-order valence-electron chi connectivity index (χ3n) is 12.2. The average molecular weight is 616 g/mol. The van der Waals surface area contributed by atoms with Crippen LogP contribution in [0, 0.1) is 40.4 Å². The topological polar surface area (TPSA) is 32.3 Å². The van der Waals surface area contributed by atoms with Gasteiger partial charge in [-0.05, 0) is 146 Å². The Morgan fingerprint density at radius 1 is 0.907 bits per heavy atom. The first-order chi connectivity index (χ1) is 20.9. The van der Waals surface area contributed by atoms with E-state index in [-0.39, 0.29) is 0 Å². The summed E-state index contributed by atoms with van der Waals surface area (Å²) >= 11 is 0. The van der Waals surface area contributed by atoms with Crippen molar-refractivity contribution in [2.75, 3.05) is 11.5 Å². The molecule has 5 aliphatic rings. The van der Waals surface area contributed by atoms with Gasteiger partial charge in [0.25, 0.3) is 0 Å². The zero-order valence-corrected chi connectivity index (χ0v) is 28.2. The zero-order chi connectivity index (χ0) is 29.4. The zero-order valence-electron chi connectivity index (χ0n) is 26.5. The molecule has 3 saturated carbocycles. The molecular weight excluding hydrogens is 563 g/mol. The molecule has 2 N–H and O–H groups in total. The van der Waals surface area contributed by atoms with Crippen LogP contribution in [0.5, 0.6) is 5.75 Å². The van der Waals surface area contributed by atoms with Crippen LogP contribution < -0.4 is 5.32 Å². The van der Waals surface area contributed by atoms with Crippen LogP contribution in [0.1, 0.15) is 100 Å². The minimum atomic E-state index is 0.407. The SMILES string of the molecule is CC1CC=CC2(C1)CC1(CCCC1)CC1C3Cc4cc(O)cc(c4)Cc4ccccc4CNC(C)CSSCC(C3)CC12. The molecule has 0 radical (unpaired) electrons. The van der Waals surface area contributed by atoms with Crippen LogP contribution in [0.2, 0.25) is 0 Å². The van der Waals surface area contributed by atoms with Crippen LogP contribution >= 0.6 is 21.6 Å². The van der Waals surface area contributed by atoms with E-state index in [9.17, 15) is 5.11 Å². The first kappa shape index (κ1) is 30.3. The van der Waals surface area contributed by atoms with Crippen molar-refractivity contribution in [3.05, 3.63) is 76.9 Å². The smallest absolute Gasteiger partial charge is 0.116 e. The highest BCUT2D eigenvalue weighted by atomic mass is 33.1. The first-order valence-corrected chi connectivity index (χ1v) is 19.9. The molecule has 2 aromatic rings. The molecular formula is C39H53NOS2. The highest BCUT2D eigenvalue weighted by Gasteiger charge is 2.57. The van der Waals surface area contributed by atoms with Crippen molar-refractivity contribution in [2.24, 2.45) is 40.4 Å². The number of allylic oxidation sites excluding steroid dienone is 2. The molecule has 1 aliphatic heterocycles. The van der Waals surface area contributed by atoms with E-state index >= 15 is 0 Å². The Balaban J connectivity index is 1.25. The van der Waals surface area contributed by atoms with Crippen molar-refractivity contribution < 1.29 is 5.11 Å². The van der Waals surface area contributed by atoms with E-state index in [4.69, 9.17) is 0 Å². The van der Waals surface area contributed by atoms with Crippen molar-refractivity contribution in [1.82, 2.24) is 5.32 Å². The van der Waals surface area contributed by atoms with E-state index in [1.807, 2.05) is 6.07 Å². The van der Waals surface area contributed by atoms with E-state index < -0.39 is 0 Å². The lowest BCUT2D eigenvalue weighted by Gasteiger charge is -2.60. The highest BCUT2D eigenvalue weighted by Crippen LogP contribution is 2.66. The molecule has 0 amide bonds. The van der Waals surface area contributed by atoms with E-state index in [0.29, 0.717) is 28.5 Å². The van der Waals surface area contributed by atoms with Crippen LogP contribution in [-0.4, -0.2) is 22.7 Å². The van der Waals surface area contributed by atoms with Crippen LogP contribution in [0.4, 0.5) is 0 Å². The maximum absolute atomic E-state index is 11.0.